The van der Waals surface area contributed by atoms with E-state index in [4.69, 9.17) is 17.3 Å². The van der Waals surface area contributed by atoms with Crippen LogP contribution in [0, 0.1) is 5.82 Å². The van der Waals surface area contributed by atoms with Gasteiger partial charge in [-0.2, -0.15) is 5.10 Å². The number of nitrogens with zero attached hydrogens (tertiary/aromatic N) is 2. The molecule has 2 aromatic rings. The van der Waals surface area contributed by atoms with Crippen LogP contribution in [0.3, 0.4) is 0 Å². The SMILES string of the molecule is CC(C)c1nn(C)cc1-c1cc(F)cc(Cl)c1N. The molecule has 0 bridgehead atoms. The molecule has 0 amide bonds. The topological polar surface area (TPSA) is 43.8 Å². The Hall–Kier alpha value is -1.55. The summed E-state index contributed by atoms with van der Waals surface area (Å²) in [6.07, 6.45) is 1.83. The fourth-order valence-corrected chi connectivity index (χ4v) is 2.15. The van der Waals surface area contributed by atoms with E-state index in [9.17, 15) is 4.39 Å². The van der Waals surface area contributed by atoms with E-state index in [2.05, 4.69) is 5.10 Å². The molecule has 0 aliphatic carbocycles. The fraction of sp³-hybridized carbons (Fsp3) is 0.308. The molecule has 3 nitrogen and oxygen atoms in total. The van der Waals surface area contributed by atoms with E-state index in [0.717, 1.165) is 11.3 Å². The average Bonchev–Trinajstić information content (AvgIpc) is 2.65. The van der Waals surface area contributed by atoms with Gasteiger partial charge in [0.2, 0.25) is 0 Å². The van der Waals surface area contributed by atoms with Gasteiger partial charge in [0.1, 0.15) is 5.82 Å². The normalized spacial score (nSPS) is 11.2. The summed E-state index contributed by atoms with van der Waals surface area (Å²) in [5.74, 6) is -0.176. The third kappa shape index (κ3) is 2.20. The van der Waals surface area contributed by atoms with Crippen LogP contribution in [0.5, 0.6) is 0 Å². The van der Waals surface area contributed by atoms with Crippen LogP contribution in [0.15, 0.2) is 18.3 Å². The van der Waals surface area contributed by atoms with E-state index in [0.29, 0.717) is 11.3 Å². The lowest BCUT2D eigenvalue weighted by atomic mass is 9.99. The van der Waals surface area contributed by atoms with Gasteiger partial charge in [0, 0.05) is 24.4 Å². The molecule has 0 aliphatic rings. The summed E-state index contributed by atoms with van der Waals surface area (Å²) in [6, 6.07) is 2.61. The number of anilines is 1. The van der Waals surface area contributed by atoms with Crippen molar-refractivity contribution in [2.75, 3.05) is 5.73 Å². The van der Waals surface area contributed by atoms with Crippen molar-refractivity contribution >= 4 is 17.3 Å². The zero-order chi connectivity index (χ0) is 13.4. The first kappa shape index (κ1) is 12.9. The van der Waals surface area contributed by atoms with Gasteiger partial charge in [-0.3, -0.25) is 4.68 Å². The van der Waals surface area contributed by atoms with Crippen LogP contribution in [0.2, 0.25) is 5.02 Å². The molecule has 0 aliphatic heterocycles. The van der Waals surface area contributed by atoms with Gasteiger partial charge in [0.15, 0.2) is 0 Å². The standard InChI is InChI=1S/C13H15ClFN3/c1-7(2)13-10(6-18(3)17-13)9-4-8(15)5-11(14)12(9)16/h4-7H,16H2,1-3H3. The summed E-state index contributed by atoms with van der Waals surface area (Å²) >= 11 is 5.92. The monoisotopic (exact) mass is 267 g/mol. The molecule has 0 unspecified atom stereocenters. The molecule has 0 spiro atoms. The summed E-state index contributed by atoms with van der Waals surface area (Å²) in [5, 5.41) is 4.61. The van der Waals surface area contributed by atoms with E-state index in [1.165, 1.54) is 12.1 Å². The van der Waals surface area contributed by atoms with Crippen molar-refractivity contribution in [1.82, 2.24) is 9.78 Å². The first-order valence-electron chi connectivity index (χ1n) is 5.68. The minimum absolute atomic E-state index is 0.225. The van der Waals surface area contributed by atoms with E-state index in [1.54, 1.807) is 4.68 Å². The molecule has 0 saturated carbocycles. The molecule has 5 heteroatoms. The maximum absolute atomic E-state index is 13.5. The summed E-state index contributed by atoms with van der Waals surface area (Å²) in [4.78, 5) is 0. The summed E-state index contributed by atoms with van der Waals surface area (Å²) in [6.45, 7) is 4.06. The fourth-order valence-electron chi connectivity index (χ4n) is 1.95. The maximum atomic E-state index is 13.5. The van der Waals surface area contributed by atoms with Crippen molar-refractivity contribution in [2.45, 2.75) is 19.8 Å². The Morgan fingerprint density at radius 1 is 1.33 bits per heavy atom. The first-order chi connectivity index (χ1) is 8.40. The van der Waals surface area contributed by atoms with Crippen LogP contribution in [0.4, 0.5) is 10.1 Å². The van der Waals surface area contributed by atoms with Gasteiger partial charge in [-0.05, 0) is 18.1 Å². The second kappa shape index (κ2) is 4.61. The first-order valence-corrected chi connectivity index (χ1v) is 6.06. The number of benzene rings is 1. The van der Waals surface area contributed by atoms with E-state index in [-0.39, 0.29) is 10.9 Å². The van der Waals surface area contributed by atoms with E-state index >= 15 is 0 Å². The highest BCUT2D eigenvalue weighted by Crippen LogP contribution is 2.36. The zero-order valence-corrected chi connectivity index (χ0v) is 11.3. The Kier molecular flexibility index (Phi) is 3.30. The largest absolute Gasteiger partial charge is 0.397 e. The molecule has 0 atom stereocenters. The molecule has 1 heterocycles. The van der Waals surface area contributed by atoms with Crippen LogP contribution >= 0.6 is 11.6 Å². The third-order valence-corrected chi connectivity index (χ3v) is 3.10. The lowest BCUT2D eigenvalue weighted by molar-refractivity contribution is 0.628. The third-order valence-electron chi connectivity index (χ3n) is 2.79. The van der Waals surface area contributed by atoms with Crippen LogP contribution in [-0.2, 0) is 7.05 Å². The van der Waals surface area contributed by atoms with Crippen LogP contribution in [0.1, 0.15) is 25.5 Å². The number of halogens is 2. The molecule has 18 heavy (non-hydrogen) atoms. The Labute approximate surface area is 110 Å². The van der Waals surface area contributed by atoms with Crippen molar-refractivity contribution in [3.8, 4) is 11.1 Å². The second-order valence-corrected chi connectivity index (χ2v) is 5.01. The second-order valence-electron chi connectivity index (χ2n) is 4.61. The van der Waals surface area contributed by atoms with Gasteiger partial charge in [-0.1, -0.05) is 25.4 Å². The highest BCUT2D eigenvalue weighted by Gasteiger charge is 2.17. The molecule has 2 N–H and O–H groups in total. The van der Waals surface area contributed by atoms with Crippen molar-refractivity contribution in [1.29, 1.82) is 0 Å². The van der Waals surface area contributed by atoms with E-state index in [1.807, 2.05) is 27.1 Å². The number of rotatable bonds is 2. The lowest BCUT2D eigenvalue weighted by Gasteiger charge is -2.09. The Morgan fingerprint density at radius 3 is 2.61 bits per heavy atom. The highest BCUT2D eigenvalue weighted by molar-refractivity contribution is 6.33. The number of nitrogens with two attached hydrogens (primary N) is 1. The average molecular weight is 268 g/mol. The molecular formula is C13H15ClFN3. The summed E-state index contributed by atoms with van der Waals surface area (Å²) in [5.41, 5.74) is 8.61. The highest BCUT2D eigenvalue weighted by atomic mass is 35.5. The number of nitrogen functional groups attached to an aromatic ring is 1. The molecule has 0 fully saturated rings. The molecule has 1 aromatic heterocycles. The number of aromatic nitrogens is 2. The van der Waals surface area contributed by atoms with Crippen molar-refractivity contribution in [2.24, 2.45) is 7.05 Å². The molecular weight excluding hydrogens is 253 g/mol. The zero-order valence-electron chi connectivity index (χ0n) is 10.5. The van der Waals surface area contributed by atoms with Gasteiger partial charge >= 0.3 is 0 Å². The minimum atomic E-state index is -0.400. The van der Waals surface area contributed by atoms with Gasteiger partial charge in [-0.25, -0.2) is 4.39 Å². The molecule has 1 aromatic carbocycles. The number of hydrogen-bond acceptors (Lipinski definition) is 2. The number of aryl methyl sites for hydroxylation is 1. The Bertz CT molecular complexity index is 590. The van der Waals surface area contributed by atoms with Crippen molar-refractivity contribution in [3.05, 3.63) is 34.9 Å². The molecule has 0 radical (unpaired) electrons. The van der Waals surface area contributed by atoms with Crippen LogP contribution in [-0.4, -0.2) is 9.78 Å². The van der Waals surface area contributed by atoms with E-state index < -0.39 is 5.82 Å². The minimum Gasteiger partial charge on any atom is -0.397 e. The Balaban J connectivity index is 2.69. The van der Waals surface area contributed by atoms with Gasteiger partial charge in [0.25, 0.3) is 0 Å². The molecule has 96 valence electrons. The number of hydrogen-bond donors (Lipinski definition) is 1. The molecule has 2 rings (SSSR count). The van der Waals surface area contributed by atoms with Gasteiger partial charge in [-0.15, -0.1) is 0 Å². The van der Waals surface area contributed by atoms with Gasteiger partial charge in [0.05, 0.1) is 16.4 Å². The van der Waals surface area contributed by atoms with Gasteiger partial charge < -0.3 is 5.73 Å². The quantitative estimate of drug-likeness (QED) is 0.845. The smallest absolute Gasteiger partial charge is 0.125 e. The summed E-state index contributed by atoms with van der Waals surface area (Å²) in [7, 11) is 1.83. The Morgan fingerprint density at radius 2 is 2.00 bits per heavy atom. The predicted octanol–water partition coefficient (Wildman–Crippen LogP) is 3.59. The van der Waals surface area contributed by atoms with Crippen LogP contribution in [0.25, 0.3) is 11.1 Å². The molecule has 0 saturated heterocycles. The maximum Gasteiger partial charge on any atom is 0.125 e. The summed E-state index contributed by atoms with van der Waals surface area (Å²) < 4.78 is 15.2. The van der Waals surface area contributed by atoms with Crippen molar-refractivity contribution < 1.29 is 4.39 Å². The van der Waals surface area contributed by atoms with Crippen LogP contribution < -0.4 is 5.73 Å². The lowest BCUT2D eigenvalue weighted by Crippen LogP contribution is -1.97. The predicted molar refractivity (Wildman–Crippen MR) is 72.1 cm³/mol. The van der Waals surface area contributed by atoms with Crippen molar-refractivity contribution in [3.63, 3.8) is 0 Å².